The second-order valence-electron chi connectivity index (χ2n) is 3.78. The summed E-state index contributed by atoms with van der Waals surface area (Å²) >= 11 is 0. The van der Waals surface area contributed by atoms with Crippen molar-refractivity contribution in [3.63, 3.8) is 0 Å². The molecule has 1 rings (SSSR count). The van der Waals surface area contributed by atoms with Gasteiger partial charge in [-0.2, -0.15) is 0 Å². The van der Waals surface area contributed by atoms with Crippen molar-refractivity contribution in [3.8, 4) is 0 Å². The molecule has 88 valence electrons. The number of ether oxygens (including phenoxy) is 1. The molecule has 1 saturated heterocycles. The Morgan fingerprint density at radius 3 is 2.73 bits per heavy atom. The number of hydrogen-bond acceptors (Lipinski definition) is 4. The van der Waals surface area contributed by atoms with Crippen molar-refractivity contribution in [2.75, 3.05) is 26.2 Å². The fraction of sp³-hybridized carbons (Fsp3) is 0.900. The molecule has 0 radical (unpaired) electrons. The fourth-order valence-electron chi connectivity index (χ4n) is 1.83. The maximum absolute atomic E-state index is 10.6. The minimum absolute atomic E-state index is 0.00222. The SMILES string of the molecule is CCN(CCO)CC1CCC(C(=O)O)O1. The number of carboxylic acids is 1. The van der Waals surface area contributed by atoms with Crippen molar-refractivity contribution >= 4 is 5.97 Å². The lowest BCUT2D eigenvalue weighted by atomic mass is 10.2. The van der Waals surface area contributed by atoms with E-state index in [-0.39, 0.29) is 12.7 Å². The number of likely N-dealkylation sites (N-methyl/N-ethyl adjacent to an activating group) is 1. The molecule has 0 aromatic heterocycles. The molecule has 2 atom stereocenters. The Hall–Kier alpha value is -0.650. The van der Waals surface area contributed by atoms with Gasteiger partial charge in [0.2, 0.25) is 0 Å². The number of rotatable bonds is 6. The molecule has 2 unspecified atom stereocenters. The molecule has 1 heterocycles. The standard InChI is InChI=1S/C10H19NO4/c1-2-11(5-6-12)7-8-3-4-9(15-8)10(13)14/h8-9,12H,2-7H2,1H3,(H,13,14). The largest absolute Gasteiger partial charge is 0.479 e. The van der Waals surface area contributed by atoms with E-state index in [0.717, 1.165) is 13.0 Å². The van der Waals surface area contributed by atoms with E-state index >= 15 is 0 Å². The molecular formula is C10H19NO4. The first kappa shape index (κ1) is 12.4. The Bertz CT molecular complexity index is 210. The van der Waals surface area contributed by atoms with Gasteiger partial charge in [-0.3, -0.25) is 4.90 Å². The highest BCUT2D eigenvalue weighted by Crippen LogP contribution is 2.20. The van der Waals surface area contributed by atoms with Crippen LogP contribution in [-0.2, 0) is 9.53 Å². The van der Waals surface area contributed by atoms with Gasteiger partial charge in [0, 0.05) is 13.1 Å². The quantitative estimate of drug-likeness (QED) is 0.652. The monoisotopic (exact) mass is 217 g/mol. The van der Waals surface area contributed by atoms with Gasteiger partial charge in [0.25, 0.3) is 0 Å². The third kappa shape index (κ3) is 3.77. The van der Waals surface area contributed by atoms with Crippen LogP contribution < -0.4 is 0 Å². The van der Waals surface area contributed by atoms with E-state index in [1.165, 1.54) is 0 Å². The third-order valence-corrected chi connectivity index (χ3v) is 2.71. The molecule has 0 aromatic rings. The van der Waals surface area contributed by atoms with Gasteiger partial charge in [-0.15, -0.1) is 0 Å². The van der Waals surface area contributed by atoms with Crippen LogP contribution in [0.5, 0.6) is 0 Å². The summed E-state index contributed by atoms with van der Waals surface area (Å²) < 4.78 is 5.38. The zero-order valence-electron chi connectivity index (χ0n) is 9.06. The molecule has 0 aliphatic carbocycles. The lowest BCUT2D eigenvalue weighted by molar-refractivity contribution is -0.149. The smallest absolute Gasteiger partial charge is 0.332 e. The van der Waals surface area contributed by atoms with E-state index in [9.17, 15) is 4.79 Å². The maximum atomic E-state index is 10.6. The molecular weight excluding hydrogens is 198 g/mol. The number of nitrogens with zero attached hydrogens (tertiary/aromatic N) is 1. The highest BCUT2D eigenvalue weighted by molar-refractivity contribution is 5.72. The maximum Gasteiger partial charge on any atom is 0.332 e. The second-order valence-corrected chi connectivity index (χ2v) is 3.78. The van der Waals surface area contributed by atoms with E-state index in [1.54, 1.807) is 0 Å². The molecule has 0 amide bonds. The van der Waals surface area contributed by atoms with Gasteiger partial charge in [0.05, 0.1) is 12.7 Å². The Kier molecular flexibility index (Phi) is 5.01. The van der Waals surface area contributed by atoms with Crippen molar-refractivity contribution in [1.82, 2.24) is 4.90 Å². The second kappa shape index (κ2) is 6.05. The number of aliphatic hydroxyl groups is 1. The summed E-state index contributed by atoms with van der Waals surface area (Å²) in [6.45, 7) is 4.31. The highest BCUT2D eigenvalue weighted by atomic mass is 16.5. The van der Waals surface area contributed by atoms with E-state index in [1.807, 2.05) is 6.92 Å². The molecule has 0 bridgehead atoms. The van der Waals surface area contributed by atoms with Crippen LogP contribution in [-0.4, -0.2) is 59.5 Å². The van der Waals surface area contributed by atoms with Crippen LogP contribution in [0, 0.1) is 0 Å². The summed E-state index contributed by atoms with van der Waals surface area (Å²) in [6.07, 6.45) is 0.746. The summed E-state index contributed by atoms with van der Waals surface area (Å²) in [4.78, 5) is 12.7. The van der Waals surface area contributed by atoms with Gasteiger partial charge >= 0.3 is 5.97 Å². The molecule has 0 spiro atoms. The van der Waals surface area contributed by atoms with E-state index in [2.05, 4.69) is 4.90 Å². The van der Waals surface area contributed by atoms with Gasteiger partial charge in [0.1, 0.15) is 0 Å². The van der Waals surface area contributed by atoms with Crippen molar-refractivity contribution in [1.29, 1.82) is 0 Å². The average molecular weight is 217 g/mol. The number of carbonyl (C=O) groups is 1. The Labute approximate surface area is 89.6 Å². The van der Waals surface area contributed by atoms with Crippen LogP contribution in [0.3, 0.4) is 0 Å². The summed E-state index contributed by atoms with van der Waals surface area (Å²) in [6, 6.07) is 0. The first-order valence-corrected chi connectivity index (χ1v) is 5.38. The number of hydrogen-bond donors (Lipinski definition) is 2. The minimum Gasteiger partial charge on any atom is -0.479 e. The molecule has 2 N–H and O–H groups in total. The third-order valence-electron chi connectivity index (χ3n) is 2.71. The Balaban J connectivity index is 2.30. The van der Waals surface area contributed by atoms with E-state index in [0.29, 0.717) is 19.5 Å². The molecule has 5 nitrogen and oxygen atoms in total. The fourth-order valence-corrected chi connectivity index (χ4v) is 1.83. The molecule has 5 heteroatoms. The van der Waals surface area contributed by atoms with E-state index in [4.69, 9.17) is 14.9 Å². The van der Waals surface area contributed by atoms with Crippen LogP contribution in [0.15, 0.2) is 0 Å². The zero-order chi connectivity index (χ0) is 11.3. The summed E-state index contributed by atoms with van der Waals surface area (Å²) in [7, 11) is 0. The van der Waals surface area contributed by atoms with Crippen LogP contribution in [0.2, 0.25) is 0 Å². The van der Waals surface area contributed by atoms with Crippen molar-refractivity contribution in [2.24, 2.45) is 0 Å². The molecule has 0 saturated carbocycles. The van der Waals surface area contributed by atoms with Crippen LogP contribution in [0.4, 0.5) is 0 Å². The van der Waals surface area contributed by atoms with Gasteiger partial charge < -0.3 is 14.9 Å². The Morgan fingerprint density at radius 2 is 2.27 bits per heavy atom. The summed E-state index contributed by atoms with van der Waals surface area (Å²) in [5.74, 6) is -0.872. The first-order chi connectivity index (χ1) is 7.17. The van der Waals surface area contributed by atoms with Gasteiger partial charge in [-0.1, -0.05) is 6.92 Å². The van der Waals surface area contributed by atoms with Crippen LogP contribution in [0.25, 0.3) is 0 Å². The topological polar surface area (TPSA) is 70.0 Å². The molecule has 1 aliphatic rings. The predicted molar refractivity (Wildman–Crippen MR) is 54.7 cm³/mol. The number of aliphatic carboxylic acids is 1. The van der Waals surface area contributed by atoms with Gasteiger partial charge in [0.15, 0.2) is 6.10 Å². The molecule has 0 aromatic carbocycles. The van der Waals surface area contributed by atoms with Crippen molar-refractivity contribution in [2.45, 2.75) is 32.0 Å². The lowest BCUT2D eigenvalue weighted by Crippen LogP contribution is -2.35. The highest BCUT2D eigenvalue weighted by Gasteiger charge is 2.30. The molecule has 1 aliphatic heterocycles. The van der Waals surface area contributed by atoms with Gasteiger partial charge in [-0.05, 0) is 19.4 Å². The summed E-state index contributed by atoms with van der Waals surface area (Å²) in [5.41, 5.74) is 0. The van der Waals surface area contributed by atoms with Crippen LogP contribution >= 0.6 is 0 Å². The summed E-state index contributed by atoms with van der Waals surface area (Å²) in [5, 5.41) is 17.6. The van der Waals surface area contributed by atoms with Crippen molar-refractivity contribution < 1.29 is 19.7 Å². The van der Waals surface area contributed by atoms with Crippen LogP contribution in [0.1, 0.15) is 19.8 Å². The lowest BCUT2D eigenvalue weighted by Gasteiger charge is -2.22. The molecule has 1 fully saturated rings. The average Bonchev–Trinajstić information content (AvgIpc) is 2.65. The van der Waals surface area contributed by atoms with Crippen molar-refractivity contribution in [3.05, 3.63) is 0 Å². The predicted octanol–water partition coefficient (Wildman–Crippen LogP) is -0.0672. The minimum atomic E-state index is -0.872. The van der Waals surface area contributed by atoms with E-state index < -0.39 is 12.1 Å². The normalized spacial score (nSPS) is 26.1. The number of carboxylic acid groups (broad SMARTS) is 1. The number of aliphatic hydroxyl groups excluding tert-OH is 1. The zero-order valence-corrected chi connectivity index (χ0v) is 9.06. The first-order valence-electron chi connectivity index (χ1n) is 5.38. The Morgan fingerprint density at radius 1 is 1.53 bits per heavy atom. The van der Waals surface area contributed by atoms with Gasteiger partial charge in [-0.25, -0.2) is 4.79 Å². The molecule has 15 heavy (non-hydrogen) atoms.